The summed E-state index contributed by atoms with van der Waals surface area (Å²) in [6.45, 7) is 10.6. The maximum Gasteiger partial charge on any atom is 0.325 e. The molecule has 1 rings (SSSR count). The molecule has 1 aliphatic rings. The van der Waals surface area contributed by atoms with E-state index in [9.17, 15) is 9.59 Å². The van der Waals surface area contributed by atoms with Crippen LogP contribution in [0.1, 0.15) is 47.0 Å². The molecule has 0 radical (unpaired) electrons. The highest BCUT2D eigenvalue weighted by atomic mass is 16.5. The molecule has 1 aliphatic heterocycles. The van der Waals surface area contributed by atoms with E-state index in [-0.39, 0.29) is 23.8 Å². The third-order valence-corrected chi connectivity index (χ3v) is 3.92. The fourth-order valence-electron chi connectivity index (χ4n) is 3.08. The van der Waals surface area contributed by atoms with Gasteiger partial charge in [-0.05, 0) is 32.2 Å². The number of carbonyl (C=O) groups is 2. The van der Waals surface area contributed by atoms with Crippen LogP contribution in [0.2, 0.25) is 0 Å². The molecular weight excluding hydrogens is 268 g/mol. The molecule has 0 saturated carbocycles. The summed E-state index contributed by atoms with van der Waals surface area (Å²) in [7, 11) is 0. The highest BCUT2D eigenvalue weighted by Crippen LogP contribution is 2.33. The molecule has 5 nitrogen and oxygen atoms in total. The molecule has 1 heterocycles. The average Bonchev–Trinajstić information content (AvgIpc) is 2.87. The van der Waals surface area contributed by atoms with Gasteiger partial charge in [0.25, 0.3) is 0 Å². The van der Waals surface area contributed by atoms with E-state index in [1.807, 2.05) is 0 Å². The Balaban J connectivity index is 2.84. The summed E-state index contributed by atoms with van der Waals surface area (Å²) in [6.07, 6.45) is 2.70. The van der Waals surface area contributed by atoms with E-state index in [0.717, 1.165) is 32.4 Å². The number of nitrogens with one attached hydrogen (secondary N) is 1. The second-order valence-electron chi connectivity index (χ2n) is 6.34. The van der Waals surface area contributed by atoms with Gasteiger partial charge >= 0.3 is 5.97 Å². The van der Waals surface area contributed by atoms with Crippen molar-refractivity contribution in [3.63, 3.8) is 0 Å². The fourth-order valence-corrected chi connectivity index (χ4v) is 3.08. The first kappa shape index (κ1) is 18.0. The van der Waals surface area contributed by atoms with Gasteiger partial charge in [-0.2, -0.15) is 0 Å². The van der Waals surface area contributed by atoms with E-state index in [4.69, 9.17) is 4.74 Å². The summed E-state index contributed by atoms with van der Waals surface area (Å²) in [6, 6.07) is 0. The molecule has 5 heteroatoms. The number of nitrogens with zero attached hydrogens (tertiary/aromatic N) is 1. The van der Waals surface area contributed by atoms with Gasteiger partial charge in [0.05, 0.1) is 12.0 Å². The number of hydrogen-bond acceptors (Lipinski definition) is 4. The lowest BCUT2D eigenvalue weighted by Gasteiger charge is -2.34. The van der Waals surface area contributed by atoms with Crippen molar-refractivity contribution >= 4 is 11.9 Å². The van der Waals surface area contributed by atoms with Crippen LogP contribution in [0.4, 0.5) is 0 Å². The van der Waals surface area contributed by atoms with E-state index < -0.39 is 0 Å². The summed E-state index contributed by atoms with van der Waals surface area (Å²) < 4.78 is 5.01. The van der Waals surface area contributed by atoms with Gasteiger partial charge in [0, 0.05) is 13.1 Å². The fraction of sp³-hybridized carbons (Fsp3) is 0.875. The second-order valence-corrected chi connectivity index (χ2v) is 6.34. The van der Waals surface area contributed by atoms with Crippen LogP contribution in [0.3, 0.4) is 0 Å². The molecule has 1 amide bonds. The van der Waals surface area contributed by atoms with E-state index in [0.29, 0.717) is 19.1 Å². The van der Waals surface area contributed by atoms with E-state index in [1.165, 1.54) is 0 Å². The lowest BCUT2D eigenvalue weighted by Crippen LogP contribution is -2.48. The Morgan fingerprint density at radius 3 is 2.52 bits per heavy atom. The van der Waals surface area contributed by atoms with Crippen LogP contribution in [-0.2, 0) is 14.3 Å². The molecule has 0 aromatic rings. The Bertz CT molecular complexity index is 349. The summed E-state index contributed by atoms with van der Waals surface area (Å²) in [4.78, 5) is 26.5. The van der Waals surface area contributed by atoms with Gasteiger partial charge < -0.3 is 15.0 Å². The lowest BCUT2D eigenvalue weighted by molar-refractivity contribution is -0.153. The van der Waals surface area contributed by atoms with Crippen molar-refractivity contribution in [2.24, 2.45) is 11.3 Å². The number of carbonyl (C=O) groups excluding carboxylic acids is 2. The second kappa shape index (κ2) is 8.37. The van der Waals surface area contributed by atoms with Gasteiger partial charge in [-0.3, -0.25) is 9.59 Å². The minimum absolute atomic E-state index is 0.0658. The van der Waals surface area contributed by atoms with Crippen LogP contribution < -0.4 is 5.32 Å². The Morgan fingerprint density at radius 1 is 1.33 bits per heavy atom. The minimum atomic E-state index is -0.337. The highest BCUT2D eigenvalue weighted by molar-refractivity contribution is 5.87. The van der Waals surface area contributed by atoms with E-state index >= 15 is 0 Å². The van der Waals surface area contributed by atoms with Crippen LogP contribution in [0, 0.1) is 11.3 Å². The number of esters is 1. The zero-order valence-corrected chi connectivity index (χ0v) is 13.9. The molecule has 0 aromatic carbocycles. The summed E-state index contributed by atoms with van der Waals surface area (Å²) in [5.74, 6) is 0.122. The smallest absolute Gasteiger partial charge is 0.325 e. The van der Waals surface area contributed by atoms with Crippen LogP contribution in [-0.4, -0.2) is 49.6 Å². The van der Waals surface area contributed by atoms with Crippen LogP contribution in [0.5, 0.6) is 0 Å². The highest BCUT2D eigenvalue weighted by Gasteiger charge is 2.43. The molecule has 1 N–H and O–H groups in total. The topological polar surface area (TPSA) is 58.6 Å². The summed E-state index contributed by atoms with van der Waals surface area (Å²) >= 11 is 0. The molecule has 21 heavy (non-hydrogen) atoms. The van der Waals surface area contributed by atoms with Gasteiger partial charge in [0.15, 0.2) is 0 Å². The molecule has 1 unspecified atom stereocenters. The maximum atomic E-state index is 13.0. The van der Waals surface area contributed by atoms with Gasteiger partial charge in [-0.25, -0.2) is 0 Å². The SMILES string of the molecule is CCCC1(C(=O)N(CC(=O)OCC)CC(C)C)CCNC1. The van der Waals surface area contributed by atoms with Crippen LogP contribution in [0.15, 0.2) is 0 Å². The number of amides is 1. The number of hydrogen-bond donors (Lipinski definition) is 1. The predicted octanol–water partition coefficient (Wildman–Crippen LogP) is 1.81. The van der Waals surface area contributed by atoms with Crippen molar-refractivity contribution in [1.29, 1.82) is 0 Å². The largest absolute Gasteiger partial charge is 0.465 e. The van der Waals surface area contributed by atoms with Crippen molar-refractivity contribution < 1.29 is 14.3 Å². The van der Waals surface area contributed by atoms with Crippen molar-refractivity contribution in [2.75, 3.05) is 32.8 Å². The number of rotatable bonds is 8. The molecular formula is C16H30N2O3. The minimum Gasteiger partial charge on any atom is -0.465 e. The normalized spacial score (nSPS) is 21.6. The van der Waals surface area contributed by atoms with E-state index in [1.54, 1.807) is 11.8 Å². The predicted molar refractivity (Wildman–Crippen MR) is 82.9 cm³/mol. The average molecular weight is 298 g/mol. The molecule has 0 bridgehead atoms. The standard InChI is InChI=1S/C16H30N2O3/c1-5-7-16(8-9-17-12-16)15(20)18(10-13(3)4)11-14(19)21-6-2/h13,17H,5-12H2,1-4H3. The maximum absolute atomic E-state index is 13.0. The van der Waals surface area contributed by atoms with Crippen molar-refractivity contribution in [1.82, 2.24) is 10.2 Å². The first-order chi connectivity index (χ1) is 9.95. The molecule has 122 valence electrons. The zero-order valence-electron chi connectivity index (χ0n) is 13.9. The molecule has 1 atom stereocenters. The molecule has 0 aromatic heterocycles. The van der Waals surface area contributed by atoms with E-state index in [2.05, 4.69) is 26.1 Å². The first-order valence-corrected chi connectivity index (χ1v) is 8.11. The quantitative estimate of drug-likeness (QED) is 0.694. The third-order valence-electron chi connectivity index (χ3n) is 3.92. The van der Waals surface area contributed by atoms with Crippen LogP contribution in [0.25, 0.3) is 0 Å². The van der Waals surface area contributed by atoms with Crippen molar-refractivity contribution in [3.05, 3.63) is 0 Å². The van der Waals surface area contributed by atoms with Crippen LogP contribution >= 0.6 is 0 Å². The zero-order chi connectivity index (χ0) is 15.9. The first-order valence-electron chi connectivity index (χ1n) is 8.11. The van der Waals surface area contributed by atoms with Gasteiger partial charge in [0.1, 0.15) is 6.54 Å². The summed E-state index contributed by atoms with van der Waals surface area (Å²) in [5, 5.41) is 3.30. The number of ether oxygens (including phenoxy) is 1. The molecule has 0 aliphatic carbocycles. The molecule has 1 fully saturated rings. The van der Waals surface area contributed by atoms with Gasteiger partial charge in [-0.15, -0.1) is 0 Å². The Hall–Kier alpha value is -1.10. The lowest BCUT2D eigenvalue weighted by atomic mass is 9.81. The van der Waals surface area contributed by atoms with Crippen molar-refractivity contribution in [3.8, 4) is 0 Å². The Morgan fingerprint density at radius 2 is 2.05 bits per heavy atom. The monoisotopic (exact) mass is 298 g/mol. The molecule has 1 saturated heterocycles. The Kier molecular flexibility index (Phi) is 7.15. The third kappa shape index (κ3) is 4.99. The molecule has 0 spiro atoms. The Labute approximate surface area is 128 Å². The van der Waals surface area contributed by atoms with Gasteiger partial charge in [0.2, 0.25) is 5.91 Å². The summed E-state index contributed by atoms with van der Waals surface area (Å²) in [5.41, 5.74) is -0.337. The van der Waals surface area contributed by atoms with Gasteiger partial charge in [-0.1, -0.05) is 27.2 Å². The van der Waals surface area contributed by atoms with Crippen molar-refractivity contribution in [2.45, 2.75) is 47.0 Å².